The monoisotopic (exact) mass is 284 g/mol. The van der Waals surface area contributed by atoms with Gasteiger partial charge in [0.15, 0.2) is 5.15 Å². The maximum atomic E-state index is 6.01. The van der Waals surface area contributed by atoms with Crippen LogP contribution >= 0.6 is 23.2 Å². The summed E-state index contributed by atoms with van der Waals surface area (Å²) in [6.07, 6.45) is 1.47. The molecule has 0 aromatic carbocycles. The maximum absolute atomic E-state index is 6.01. The molecule has 2 aromatic heterocycles. The quantitative estimate of drug-likeness (QED) is 0.853. The number of fused-ring (bicyclic) bond motifs is 1. The lowest BCUT2D eigenvalue weighted by Crippen LogP contribution is -2.19. The zero-order valence-electron chi connectivity index (χ0n) is 10.5. The van der Waals surface area contributed by atoms with Gasteiger partial charge in [-0.1, -0.05) is 44.0 Å². The second kappa shape index (κ2) is 4.86. The molecule has 0 aliphatic carbocycles. The van der Waals surface area contributed by atoms with Crippen LogP contribution in [-0.4, -0.2) is 21.5 Å². The van der Waals surface area contributed by atoms with Crippen molar-refractivity contribution in [1.29, 1.82) is 0 Å². The minimum absolute atomic E-state index is 0.151. The Kier molecular flexibility index (Phi) is 3.59. The van der Waals surface area contributed by atoms with Gasteiger partial charge in [0.25, 0.3) is 0 Å². The molecular formula is C12H14Cl2N4. The van der Waals surface area contributed by atoms with Gasteiger partial charge in [0.05, 0.1) is 0 Å². The van der Waals surface area contributed by atoms with Crippen molar-refractivity contribution < 1.29 is 0 Å². The highest BCUT2D eigenvalue weighted by atomic mass is 35.5. The van der Waals surface area contributed by atoms with E-state index >= 15 is 0 Å². The molecule has 4 nitrogen and oxygen atoms in total. The Morgan fingerprint density at radius 2 is 1.94 bits per heavy atom. The van der Waals surface area contributed by atoms with Gasteiger partial charge in [-0.3, -0.25) is 0 Å². The van der Waals surface area contributed by atoms with Crippen LogP contribution in [0, 0.1) is 5.41 Å². The van der Waals surface area contributed by atoms with Gasteiger partial charge in [-0.25, -0.2) is 15.0 Å². The highest BCUT2D eigenvalue weighted by Crippen LogP contribution is 2.27. The number of aromatic nitrogens is 3. The molecule has 96 valence electrons. The van der Waals surface area contributed by atoms with Crippen LogP contribution in [0.3, 0.4) is 0 Å². The summed E-state index contributed by atoms with van der Waals surface area (Å²) in [5.74, 6) is 0.723. The van der Waals surface area contributed by atoms with Crippen LogP contribution in [0.5, 0.6) is 0 Å². The third-order valence-electron chi connectivity index (χ3n) is 2.33. The number of anilines is 1. The molecule has 0 amide bonds. The molecule has 0 aliphatic rings. The van der Waals surface area contributed by atoms with Crippen molar-refractivity contribution in [3.05, 3.63) is 22.7 Å². The predicted octanol–water partition coefficient (Wildman–Crippen LogP) is 3.79. The fourth-order valence-corrected chi connectivity index (χ4v) is 1.96. The van der Waals surface area contributed by atoms with Crippen molar-refractivity contribution in [2.75, 3.05) is 11.9 Å². The molecule has 0 saturated carbocycles. The lowest BCUT2D eigenvalue weighted by molar-refractivity contribution is 0.442. The summed E-state index contributed by atoms with van der Waals surface area (Å²) in [7, 11) is 0. The summed E-state index contributed by atoms with van der Waals surface area (Å²) < 4.78 is 0. The standard InChI is InChI=1S/C12H14Cl2N4/c1-12(2,3)5-15-11-7-4-8(13)18-10(14)9(7)16-6-17-11/h4,6H,5H2,1-3H3,(H,15,16,17). The summed E-state index contributed by atoms with van der Waals surface area (Å²) in [5.41, 5.74) is 0.755. The first kappa shape index (κ1) is 13.3. The molecule has 0 fully saturated rings. The van der Waals surface area contributed by atoms with Crippen LogP contribution in [0.1, 0.15) is 20.8 Å². The van der Waals surface area contributed by atoms with Crippen molar-refractivity contribution in [3.8, 4) is 0 Å². The molecule has 1 N–H and O–H groups in total. The molecule has 0 aliphatic heterocycles. The Morgan fingerprint density at radius 3 is 2.61 bits per heavy atom. The first-order chi connectivity index (χ1) is 8.37. The Bertz CT molecular complexity index is 578. The van der Waals surface area contributed by atoms with E-state index in [1.165, 1.54) is 6.33 Å². The van der Waals surface area contributed by atoms with E-state index in [9.17, 15) is 0 Å². The van der Waals surface area contributed by atoms with E-state index in [2.05, 4.69) is 41.0 Å². The van der Waals surface area contributed by atoms with Gasteiger partial charge in [-0.15, -0.1) is 0 Å². The maximum Gasteiger partial charge on any atom is 0.157 e. The second-order valence-corrected chi connectivity index (χ2v) is 6.01. The molecular weight excluding hydrogens is 271 g/mol. The first-order valence-corrected chi connectivity index (χ1v) is 6.33. The number of pyridine rings is 1. The predicted molar refractivity (Wildman–Crippen MR) is 75.3 cm³/mol. The first-order valence-electron chi connectivity index (χ1n) is 5.57. The van der Waals surface area contributed by atoms with Crippen LogP contribution in [0.4, 0.5) is 5.82 Å². The SMILES string of the molecule is CC(C)(C)CNc1ncnc2c(Cl)nc(Cl)cc12. The Labute approximate surface area is 116 Å². The summed E-state index contributed by atoms with van der Waals surface area (Å²) >= 11 is 11.9. The molecule has 2 aromatic rings. The highest BCUT2D eigenvalue weighted by Gasteiger charge is 2.13. The Balaban J connectivity index is 2.45. The lowest BCUT2D eigenvalue weighted by atomic mass is 9.97. The second-order valence-electron chi connectivity index (χ2n) is 5.27. The number of hydrogen-bond acceptors (Lipinski definition) is 4. The van der Waals surface area contributed by atoms with Crippen molar-refractivity contribution in [3.63, 3.8) is 0 Å². The van der Waals surface area contributed by atoms with E-state index in [4.69, 9.17) is 23.2 Å². The average molecular weight is 285 g/mol. The zero-order chi connectivity index (χ0) is 13.3. The van der Waals surface area contributed by atoms with E-state index in [0.717, 1.165) is 17.7 Å². The van der Waals surface area contributed by atoms with Crippen molar-refractivity contribution >= 4 is 39.9 Å². The average Bonchev–Trinajstić information content (AvgIpc) is 2.25. The molecule has 0 spiro atoms. The van der Waals surface area contributed by atoms with Gasteiger partial charge in [0.2, 0.25) is 0 Å². The van der Waals surface area contributed by atoms with Crippen LogP contribution in [0.15, 0.2) is 12.4 Å². The minimum atomic E-state index is 0.151. The van der Waals surface area contributed by atoms with E-state index in [-0.39, 0.29) is 5.41 Å². The fourth-order valence-electron chi connectivity index (χ4n) is 1.48. The topological polar surface area (TPSA) is 50.7 Å². The highest BCUT2D eigenvalue weighted by molar-refractivity contribution is 6.36. The molecule has 0 bridgehead atoms. The van der Waals surface area contributed by atoms with Crippen molar-refractivity contribution in [2.45, 2.75) is 20.8 Å². The van der Waals surface area contributed by atoms with Gasteiger partial charge in [-0.05, 0) is 11.5 Å². The third kappa shape index (κ3) is 3.00. The summed E-state index contributed by atoms with van der Waals surface area (Å²) in [6.45, 7) is 7.22. The lowest BCUT2D eigenvalue weighted by Gasteiger charge is -2.19. The largest absolute Gasteiger partial charge is 0.369 e. The van der Waals surface area contributed by atoms with Gasteiger partial charge >= 0.3 is 0 Å². The molecule has 18 heavy (non-hydrogen) atoms. The van der Waals surface area contributed by atoms with Gasteiger partial charge in [0, 0.05) is 11.9 Å². The summed E-state index contributed by atoms with van der Waals surface area (Å²) in [5, 5.41) is 4.69. The number of hydrogen-bond donors (Lipinski definition) is 1. The van der Waals surface area contributed by atoms with E-state index < -0.39 is 0 Å². The Hall–Kier alpha value is -1.13. The molecule has 6 heteroatoms. The van der Waals surface area contributed by atoms with E-state index in [1.807, 2.05) is 0 Å². The van der Waals surface area contributed by atoms with Crippen LogP contribution in [-0.2, 0) is 0 Å². The molecule has 2 rings (SSSR count). The van der Waals surface area contributed by atoms with Gasteiger partial charge in [0.1, 0.15) is 22.8 Å². The molecule has 0 radical (unpaired) electrons. The van der Waals surface area contributed by atoms with Crippen molar-refractivity contribution in [2.24, 2.45) is 5.41 Å². The zero-order valence-corrected chi connectivity index (χ0v) is 12.0. The Morgan fingerprint density at radius 1 is 1.22 bits per heavy atom. The van der Waals surface area contributed by atoms with Gasteiger partial charge < -0.3 is 5.32 Å². The summed E-state index contributed by atoms with van der Waals surface area (Å²) in [4.78, 5) is 12.3. The van der Waals surface area contributed by atoms with Crippen LogP contribution in [0.25, 0.3) is 10.9 Å². The molecule has 2 heterocycles. The number of halogens is 2. The number of nitrogens with one attached hydrogen (secondary N) is 1. The molecule has 0 saturated heterocycles. The van der Waals surface area contributed by atoms with Crippen molar-refractivity contribution in [1.82, 2.24) is 15.0 Å². The normalized spacial score (nSPS) is 11.8. The number of rotatable bonds is 2. The van der Waals surface area contributed by atoms with E-state index in [1.54, 1.807) is 6.07 Å². The van der Waals surface area contributed by atoms with Gasteiger partial charge in [-0.2, -0.15) is 0 Å². The van der Waals surface area contributed by atoms with Crippen LogP contribution in [0.2, 0.25) is 10.3 Å². The smallest absolute Gasteiger partial charge is 0.157 e. The number of nitrogens with zero attached hydrogens (tertiary/aromatic N) is 3. The third-order valence-corrected chi connectivity index (χ3v) is 2.79. The van der Waals surface area contributed by atoms with E-state index in [0.29, 0.717) is 15.8 Å². The molecule has 0 unspecified atom stereocenters. The fraction of sp³-hybridized carbons (Fsp3) is 0.417. The summed E-state index contributed by atoms with van der Waals surface area (Å²) in [6, 6.07) is 1.72. The van der Waals surface area contributed by atoms with Crippen LogP contribution < -0.4 is 5.32 Å². The molecule has 0 atom stereocenters. The minimum Gasteiger partial charge on any atom is -0.369 e.